The molecule has 2 heterocycles. The van der Waals surface area contributed by atoms with Gasteiger partial charge in [0, 0.05) is 50.3 Å². The molecule has 0 unspecified atom stereocenters. The van der Waals surface area contributed by atoms with Crippen LogP contribution in [0.5, 0.6) is 0 Å². The van der Waals surface area contributed by atoms with Crippen LogP contribution in [-0.2, 0) is 16.6 Å². The van der Waals surface area contributed by atoms with Crippen LogP contribution in [0.15, 0.2) is 53.7 Å². The third-order valence-electron chi connectivity index (χ3n) is 6.85. The third kappa shape index (κ3) is 5.17. The average Bonchev–Trinajstić information content (AvgIpc) is 3.32. The van der Waals surface area contributed by atoms with Crippen molar-refractivity contribution in [2.45, 2.75) is 52.1 Å². The second-order valence-electron chi connectivity index (χ2n) is 9.55. The molecule has 1 fully saturated rings. The highest BCUT2D eigenvalue weighted by Gasteiger charge is 2.35. The van der Waals surface area contributed by atoms with Crippen molar-refractivity contribution in [3.8, 4) is 0 Å². The van der Waals surface area contributed by atoms with Gasteiger partial charge >= 0.3 is 0 Å². The smallest absolute Gasteiger partial charge is 0.263 e. The normalized spacial score (nSPS) is 14.9. The number of benzene rings is 2. The Kier molecular flexibility index (Phi) is 7.51. The summed E-state index contributed by atoms with van der Waals surface area (Å²) in [4.78, 5) is 15.4. The Bertz CT molecular complexity index is 1360. The van der Waals surface area contributed by atoms with Crippen LogP contribution < -0.4 is 10.2 Å². The Balaban J connectivity index is 1.56. The molecule has 1 aromatic heterocycles. The van der Waals surface area contributed by atoms with Crippen molar-refractivity contribution in [1.29, 1.82) is 0 Å². The van der Waals surface area contributed by atoms with Crippen molar-refractivity contribution in [2.75, 3.05) is 36.4 Å². The summed E-state index contributed by atoms with van der Waals surface area (Å²) in [7, 11) is -3.95. The van der Waals surface area contributed by atoms with Gasteiger partial charge in [-0.25, -0.2) is 8.42 Å². The molecule has 192 valence electrons. The van der Waals surface area contributed by atoms with Crippen molar-refractivity contribution in [3.63, 3.8) is 0 Å². The molecule has 1 saturated heterocycles. The Morgan fingerprint density at radius 2 is 1.75 bits per heavy atom. The van der Waals surface area contributed by atoms with E-state index in [0.29, 0.717) is 44.3 Å². The van der Waals surface area contributed by atoms with E-state index < -0.39 is 15.9 Å². The number of anilines is 2. The van der Waals surface area contributed by atoms with Gasteiger partial charge in [-0.2, -0.15) is 9.40 Å². The maximum absolute atomic E-state index is 13.7. The molecule has 2 aromatic carbocycles. The summed E-state index contributed by atoms with van der Waals surface area (Å²) in [6.07, 6.45) is 1.51. The zero-order valence-corrected chi connectivity index (χ0v) is 22.5. The lowest BCUT2D eigenvalue weighted by molar-refractivity contribution is 0.102. The maximum atomic E-state index is 13.7. The summed E-state index contributed by atoms with van der Waals surface area (Å²) in [5, 5.41) is 6.97. The fourth-order valence-corrected chi connectivity index (χ4v) is 5.98. The predicted octanol–water partition coefficient (Wildman–Crippen LogP) is 4.41. The van der Waals surface area contributed by atoms with Crippen LogP contribution in [0.4, 0.5) is 11.4 Å². The van der Waals surface area contributed by atoms with E-state index in [1.807, 2.05) is 31.2 Å². The first-order valence-corrected chi connectivity index (χ1v) is 13.9. The minimum absolute atomic E-state index is 0.0590. The van der Waals surface area contributed by atoms with Gasteiger partial charge in [-0.3, -0.25) is 9.48 Å². The van der Waals surface area contributed by atoms with Crippen LogP contribution in [0.3, 0.4) is 0 Å². The molecule has 8 nitrogen and oxygen atoms in total. The second kappa shape index (κ2) is 10.4. The highest BCUT2D eigenvalue weighted by atomic mass is 32.2. The monoisotopic (exact) mass is 509 g/mol. The Labute approximate surface area is 214 Å². The fraction of sp³-hybridized carbons (Fsp3) is 0.407. The molecule has 1 aliphatic heterocycles. The standard InChI is InChI=1S/C27H35N5O3S/c1-6-31-18-24(26(33)28-23-11-8-10-22(17-23)19(2)3)27(29-31)36(34,35)32-15-13-30(14-16-32)25-12-7-9-20(4)21(25)5/h7-12,17-19H,6,13-16H2,1-5H3,(H,28,33). The van der Waals surface area contributed by atoms with Crippen molar-refractivity contribution in [3.05, 3.63) is 70.9 Å². The molecular formula is C27H35N5O3S. The van der Waals surface area contributed by atoms with E-state index in [1.54, 1.807) is 6.07 Å². The molecule has 9 heteroatoms. The van der Waals surface area contributed by atoms with Gasteiger partial charge in [-0.15, -0.1) is 0 Å². The summed E-state index contributed by atoms with van der Waals surface area (Å²) in [6.45, 7) is 12.4. The quantitative estimate of drug-likeness (QED) is 0.510. The van der Waals surface area contributed by atoms with Gasteiger partial charge in [-0.05, 0) is 61.6 Å². The summed E-state index contributed by atoms with van der Waals surface area (Å²) in [5.74, 6) is -0.175. The number of sulfonamides is 1. The van der Waals surface area contributed by atoms with E-state index >= 15 is 0 Å². The molecule has 0 aliphatic carbocycles. The first kappa shape index (κ1) is 25.9. The molecule has 0 bridgehead atoms. The van der Waals surface area contributed by atoms with Crippen LogP contribution in [0.2, 0.25) is 0 Å². The molecule has 36 heavy (non-hydrogen) atoms. The minimum Gasteiger partial charge on any atom is -0.369 e. The Morgan fingerprint density at radius 3 is 2.42 bits per heavy atom. The lowest BCUT2D eigenvalue weighted by atomic mass is 10.0. The van der Waals surface area contributed by atoms with E-state index in [0.717, 1.165) is 11.3 Å². The van der Waals surface area contributed by atoms with Crippen LogP contribution in [0, 0.1) is 13.8 Å². The number of aryl methyl sites for hydroxylation is 2. The second-order valence-corrected chi connectivity index (χ2v) is 11.4. The first-order chi connectivity index (χ1) is 17.1. The van der Waals surface area contributed by atoms with Crippen molar-refractivity contribution >= 4 is 27.3 Å². The van der Waals surface area contributed by atoms with E-state index in [-0.39, 0.29) is 10.6 Å². The zero-order valence-electron chi connectivity index (χ0n) is 21.7. The van der Waals surface area contributed by atoms with Gasteiger partial charge in [0.2, 0.25) is 5.03 Å². The van der Waals surface area contributed by atoms with Crippen LogP contribution in [-0.4, -0.2) is 54.6 Å². The number of hydrogen-bond donors (Lipinski definition) is 1. The minimum atomic E-state index is -3.95. The van der Waals surface area contributed by atoms with Crippen molar-refractivity contribution < 1.29 is 13.2 Å². The Hall–Kier alpha value is -3.17. The summed E-state index contributed by atoms with van der Waals surface area (Å²) in [6, 6.07) is 13.8. The lowest BCUT2D eigenvalue weighted by Gasteiger charge is -2.36. The van der Waals surface area contributed by atoms with Gasteiger partial charge in [0.05, 0.1) is 5.56 Å². The molecule has 1 aliphatic rings. The first-order valence-electron chi connectivity index (χ1n) is 12.4. The molecule has 1 amide bonds. The van der Waals surface area contributed by atoms with E-state index in [4.69, 9.17) is 0 Å². The molecule has 0 radical (unpaired) electrons. The highest BCUT2D eigenvalue weighted by Crippen LogP contribution is 2.27. The van der Waals surface area contributed by atoms with Crippen LogP contribution in [0.25, 0.3) is 0 Å². The molecule has 0 atom stereocenters. The molecule has 4 rings (SSSR count). The third-order valence-corrected chi connectivity index (χ3v) is 8.68. The van der Waals surface area contributed by atoms with E-state index in [1.165, 1.54) is 26.3 Å². The summed E-state index contributed by atoms with van der Waals surface area (Å²) >= 11 is 0. The van der Waals surface area contributed by atoms with E-state index in [9.17, 15) is 13.2 Å². The number of carbonyl (C=O) groups excluding carboxylic acids is 1. The van der Waals surface area contributed by atoms with Crippen molar-refractivity contribution in [2.24, 2.45) is 0 Å². The van der Waals surface area contributed by atoms with Gasteiger partial charge in [-0.1, -0.05) is 38.1 Å². The number of aromatic nitrogens is 2. The maximum Gasteiger partial charge on any atom is 0.263 e. The number of rotatable bonds is 7. The molecule has 0 spiro atoms. The number of nitrogens with zero attached hydrogens (tertiary/aromatic N) is 4. The van der Waals surface area contributed by atoms with Crippen LogP contribution >= 0.6 is 0 Å². The number of piperazine rings is 1. The molecule has 1 N–H and O–H groups in total. The average molecular weight is 510 g/mol. The van der Waals surface area contributed by atoms with Crippen molar-refractivity contribution in [1.82, 2.24) is 14.1 Å². The number of hydrogen-bond acceptors (Lipinski definition) is 5. The number of nitrogens with one attached hydrogen (secondary N) is 1. The topological polar surface area (TPSA) is 87.5 Å². The summed E-state index contributed by atoms with van der Waals surface area (Å²) in [5.41, 5.74) is 5.32. The molecule has 0 saturated carbocycles. The largest absolute Gasteiger partial charge is 0.369 e. The zero-order chi connectivity index (χ0) is 26.0. The highest BCUT2D eigenvalue weighted by molar-refractivity contribution is 7.89. The van der Waals surface area contributed by atoms with Gasteiger partial charge < -0.3 is 10.2 Å². The van der Waals surface area contributed by atoms with Gasteiger partial charge in [0.1, 0.15) is 0 Å². The number of amides is 1. The molecular weight excluding hydrogens is 474 g/mol. The Morgan fingerprint density at radius 1 is 1.06 bits per heavy atom. The molecule has 3 aromatic rings. The van der Waals surface area contributed by atoms with Gasteiger partial charge in [0.15, 0.2) is 0 Å². The van der Waals surface area contributed by atoms with Crippen LogP contribution in [0.1, 0.15) is 53.7 Å². The SMILES string of the molecule is CCn1cc(C(=O)Nc2cccc(C(C)C)c2)c(S(=O)(=O)N2CCN(c3cccc(C)c3C)CC2)n1. The number of carbonyl (C=O) groups is 1. The fourth-order valence-electron chi connectivity index (χ4n) is 4.46. The van der Waals surface area contributed by atoms with Gasteiger partial charge in [0.25, 0.3) is 15.9 Å². The van der Waals surface area contributed by atoms with E-state index in [2.05, 4.69) is 55.1 Å². The summed E-state index contributed by atoms with van der Waals surface area (Å²) < 4.78 is 30.2. The lowest BCUT2D eigenvalue weighted by Crippen LogP contribution is -2.49. The predicted molar refractivity (Wildman–Crippen MR) is 143 cm³/mol.